The fourth-order valence-corrected chi connectivity index (χ4v) is 1.16. The van der Waals surface area contributed by atoms with E-state index in [1.165, 1.54) is 11.1 Å². The van der Waals surface area contributed by atoms with Gasteiger partial charge in [0.1, 0.15) is 0 Å². The van der Waals surface area contributed by atoms with E-state index >= 15 is 0 Å². The molecule has 1 rings (SSSR count). The van der Waals surface area contributed by atoms with Gasteiger partial charge in [-0.2, -0.15) is 18.2 Å². The summed E-state index contributed by atoms with van der Waals surface area (Å²) in [7, 11) is 3.21. The molecule has 0 aliphatic rings. The van der Waals surface area contributed by atoms with Crippen LogP contribution in [0.3, 0.4) is 0 Å². The summed E-state index contributed by atoms with van der Waals surface area (Å²) in [6.07, 6.45) is -4.39. The van der Waals surface area contributed by atoms with E-state index in [0.29, 0.717) is 0 Å². The molecule has 0 N–H and O–H groups in total. The van der Waals surface area contributed by atoms with Crippen molar-refractivity contribution in [2.75, 3.05) is 14.1 Å². The lowest BCUT2D eigenvalue weighted by atomic mass is 10.2. The van der Waals surface area contributed by atoms with Gasteiger partial charge < -0.3 is 4.84 Å². The van der Waals surface area contributed by atoms with E-state index in [1.54, 1.807) is 14.1 Å². The first kappa shape index (κ1) is 12.1. The van der Waals surface area contributed by atoms with Gasteiger partial charge in [0.15, 0.2) is 5.75 Å². The first-order valence-corrected chi connectivity index (χ1v) is 4.40. The van der Waals surface area contributed by atoms with Crippen LogP contribution in [0.15, 0.2) is 18.2 Å². The molecule has 6 heteroatoms. The van der Waals surface area contributed by atoms with Gasteiger partial charge in [-0.15, -0.1) is 0 Å². The first-order valence-electron chi connectivity index (χ1n) is 4.03. The van der Waals surface area contributed by atoms with Gasteiger partial charge in [0.05, 0.1) is 10.6 Å². The van der Waals surface area contributed by atoms with E-state index < -0.39 is 11.7 Å². The Balaban J connectivity index is 2.98. The monoisotopic (exact) mass is 239 g/mol. The zero-order valence-corrected chi connectivity index (χ0v) is 8.86. The van der Waals surface area contributed by atoms with Crippen molar-refractivity contribution >= 4 is 11.6 Å². The fraction of sp³-hybridized carbons (Fsp3) is 0.333. The highest BCUT2D eigenvalue weighted by atomic mass is 35.5. The fourth-order valence-electron chi connectivity index (χ4n) is 0.948. The largest absolute Gasteiger partial charge is 0.416 e. The van der Waals surface area contributed by atoms with E-state index in [2.05, 4.69) is 0 Å². The average Bonchev–Trinajstić information content (AvgIpc) is 2.05. The van der Waals surface area contributed by atoms with Gasteiger partial charge in [0, 0.05) is 14.1 Å². The van der Waals surface area contributed by atoms with E-state index in [-0.39, 0.29) is 10.8 Å². The SMILES string of the molecule is CN(C)Oc1ccc(C(F)(F)F)cc1Cl. The molecule has 84 valence electrons. The van der Waals surface area contributed by atoms with Crippen molar-refractivity contribution in [3.8, 4) is 5.75 Å². The lowest BCUT2D eigenvalue weighted by Gasteiger charge is -2.14. The molecule has 0 aliphatic carbocycles. The number of hydrogen-bond donors (Lipinski definition) is 0. The van der Waals surface area contributed by atoms with Gasteiger partial charge in [-0.1, -0.05) is 11.6 Å². The lowest BCUT2D eigenvalue weighted by molar-refractivity contribution is -0.137. The summed E-state index contributed by atoms with van der Waals surface area (Å²) < 4.78 is 36.8. The quantitative estimate of drug-likeness (QED) is 0.735. The Kier molecular flexibility index (Phi) is 3.46. The molecule has 0 saturated carbocycles. The molecule has 1 aromatic carbocycles. The number of rotatable bonds is 2. The highest BCUT2D eigenvalue weighted by Gasteiger charge is 2.31. The number of benzene rings is 1. The molecule has 0 aromatic heterocycles. The third kappa shape index (κ3) is 3.28. The zero-order valence-electron chi connectivity index (χ0n) is 8.10. The second kappa shape index (κ2) is 4.28. The van der Waals surface area contributed by atoms with Crippen molar-refractivity contribution in [2.45, 2.75) is 6.18 Å². The van der Waals surface area contributed by atoms with E-state index in [1.807, 2.05) is 0 Å². The smallest absolute Gasteiger partial charge is 0.405 e. The Hall–Kier alpha value is -0.940. The summed E-state index contributed by atoms with van der Waals surface area (Å²) in [4.78, 5) is 5.05. The molecule has 0 heterocycles. The van der Waals surface area contributed by atoms with E-state index in [9.17, 15) is 13.2 Å². The summed E-state index contributed by atoms with van der Waals surface area (Å²) >= 11 is 5.63. The van der Waals surface area contributed by atoms with Crippen molar-refractivity contribution in [2.24, 2.45) is 0 Å². The van der Waals surface area contributed by atoms with Crippen LogP contribution in [0.4, 0.5) is 13.2 Å². The Morgan fingerprint density at radius 2 is 1.87 bits per heavy atom. The summed E-state index contributed by atoms with van der Waals surface area (Å²) in [6, 6.07) is 2.94. The highest BCUT2D eigenvalue weighted by molar-refractivity contribution is 6.32. The Morgan fingerprint density at radius 3 is 2.27 bits per heavy atom. The minimum absolute atomic E-state index is 0.0708. The predicted molar refractivity (Wildman–Crippen MR) is 50.8 cm³/mol. The van der Waals surface area contributed by atoms with Crippen molar-refractivity contribution in [3.63, 3.8) is 0 Å². The molecule has 0 spiro atoms. The molecule has 0 unspecified atom stereocenters. The summed E-state index contributed by atoms with van der Waals surface area (Å²) in [5, 5.41) is 1.27. The van der Waals surface area contributed by atoms with Gasteiger partial charge in [-0.25, -0.2) is 0 Å². The van der Waals surface area contributed by atoms with Crippen molar-refractivity contribution < 1.29 is 18.0 Å². The average molecular weight is 240 g/mol. The number of hydrogen-bond acceptors (Lipinski definition) is 2. The van der Waals surface area contributed by atoms with E-state index in [4.69, 9.17) is 16.4 Å². The molecule has 0 radical (unpaired) electrons. The van der Waals surface area contributed by atoms with Crippen LogP contribution < -0.4 is 4.84 Å². The molecular formula is C9H9ClF3NO. The molecule has 0 aliphatic heterocycles. The second-order valence-electron chi connectivity index (χ2n) is 3.05. The predicted octanol–water partition coefficient (Wildman–Crippen LogP) is 3.21. The van der Waals surface area contributed by atoms with Gasteiger partial charge in [-0.05, 0) is 18.2 Å². The molecular weight excluding hydrogens is 231 g/mol. The third-order valence-corrected chi connectivity index (χ3v) is 1.84. The number of alkyl halides is 3. The van der Waals surface area contributed by atoms with Gasteiger partial charge in [0.25, 0.3) is 0 Å². The summed E-state index contributed by atoms with van der Waals surface area (Å²) in [5.41, 5.74) is -0.793. The lowest BCUT2D eigenvalue weighted by Crippen LogP contribution is -2.16. The summed E-state index contributed by atoms with van der Waals surface area (Å²) in [5.74, 6) is 0.190. The maximum Gasteiger partial charge on any atom is 0.416 e. The van der Waals surface area contributed by atoms with Crippen LogP contribution in [0.1, 0.15) is 5.56 Å². The van der Waals surface area contributed by atoms with Crippen LogP contribution >= 0.6 is 11.6 Å². The van der Waals surface area contributed by atoms with Crippen LogP contribution in [0.2, 0.25) is 5.02 Å². The molecule has 1 aromatic rings. The molecule has 0 bridgehead atoms. The molecule has 2 nitrogen and oxygen atoms in total. The normalized spacial score (nSPS) is 11.9. The van der Waals surface area contributed by atoms with Gasteiger partial charge >= 0.3 is 6.18 Å². The zero-order chi connectivity index (χ0) is 11.6. The van der Waals surface area contributed by atoms with Gasteiger partial charge in [-0.3, -0.25) is 0 Å². The summed E-state index contributed by atoms with van der Waals surface area (Å²) in [6.45, 7) is 0. The van der Waals surface area contributed by atoms with Crippen molar-refractivity contribution in [1.29, 1.82) is 0 Å². The molecule has 0 amide bonds. The number of nitrogens with zero attached hydrogens (tertiary/aromatic N) is 1. The van der Waals surface area contributed by atoms with Crippen LogP contribution in [-0.2, 0) is 6.18 Å². The number of hydroxylamine groups is 2. The second-order valence-corrected chi connectivity index (χ2v) is 3.45. The Morgan fingerprint density at radius 1 is 1.27 bits per heavy atom. The van der Waals surface area contributed by atoms with Crippen LogP contribution in [0, 0.1) is 0 Å². The molecule has 15 heavy (non-hydrogen) atoms. The van der Waals surface area contributed by atoms with Gasteiger partial charge in [0.2, 0.25) is 0 Å². The third-order valence-electron chi connectivity index (χ3n) is 1.54. The highest BCUT2D eigenvalue weighted by Crippen LogP contribution is 2.34. The number of halogens is 4. The molecule has 0 saturated heterocycles. The maximum absolute atomic E-state index is 12.3. The standard InChI is InChI=1S/C9H9ClF3NO/c1-14(2)15-8-4-3-6(5-7(8)10)9(11,12)13/h3-5H,1-2H3. The Labute approximate surface area is 90.2 Å². The first-order chi connectivity index (χ1) is 6.80. The maximum atomic E-state index is 12.3. The van der Waals surface area contributed by atoms with E-state index in [0.717, 1.165) is 12.1 Å². The van der Waals surface area contributed by atoms with Crippen LogP contribution in [0.5, 0.6) is 5.75 Å². The Bertz CT molecular complexity index is 352. The minimum atomic E-state index is -4.39. The van der Waals surface area contributed by atoms with Crippen molar-refractivity contribution in [1.82, 2.24) is 5.06 Å². The minimum Gasteiger partial charge on any atom is -0.405 e. The molecule has 0 atom stereocenters. The topological polar surface area (TPSA) is 12.5 Å². The van der Waals surface area contributed by atoms with Crippen molar-refractivity contribution in [3.05, 3.63) is 28.8 Å². The molecule has 0 fully saturated rings. The van der Waals surface area contributed by atoms with Crippen LogP contribution in [-0.4, -0.2) is 19.2 Å². The van der Waals surface area contributed by atoms with Crippen LogP contribution in [0.25, 0.3) is 0 Å².